The van der Waals surface area contributed by atoms with Gasteiger partial charge >= 0.3 is 6.61 Å². The Morgan fingerprint density at radius 2 is 2.05 bits per heavy atom. The fourth-order valence-electron chi connectivity index (χ4n) is 1.80. The topological polar surface area (TPSA) is 60.5 Å². The van der Waals surface area contributed by atoms with E-state index in [1.165, 1.54) is 30.6 Å². The van der Waals surface area contributed by atoms with Crippen molar-refractivity contribution in [2.75, 3.05) is 19.0 Å². The fourth-order valence-corrected chi connectivity index (χ4v) is 2.65. The molecule has 1 amide bonds. The highest BCUT2D eigenvalue weighted by Gasteiger charge is 2.12. The maximum Gasteiger partial charge on any atom is 0.387 e. The Morgan fingerprint density at radius 3 is 2.64 bits per heavy atom. The highest BCUT2D eigenvalue weighted by molar-refractivity contribution is 7.16. The molecule has 0 aliphatic carbocycles. The third kappa shape index (κ3) is 4.22. The Balaban J connectivity index is 2.15. The molecule has 22 heavy (non-hydrogen) atoms. The molecule has 8 heteroatoms. The second kappa shape index (κ2) is 7.28. The van der Waals surface area contributed by atoms with Crippen LogP contribution in [0, 0.1) is 6.92 Å². The fraction of sp³-hybridized carbons (Fsp3) is 0.286. The number of hydrogen-bond donors (Lipinski definition) is 1. The lowest BCUT2D eigenvalue weighted by Crippen LogP contribution is -2.16. The number of ether oxygens (including phenoxy) is 2. The molecular weight excluding hydrogens is 314 g/mol. The molecule has 0 bridgehead atoms. The zero-order chi connectivity index (χ0) is 16.1. The van der Waals surface area contributed by atoms with E-state index in [9.17, 15) is 13.6 Å². The maximum absolute atomic E-state index is 12.1. The Labute approximate surface area is 129 Å². The monoisotopic (exact) mass is 328 g/mol. The molecular formula is C14H14F2N2O3S. The van der Waals surface area contributed by atoms with Crippen LogP contribution in [-0.2, 0) is 9.53 Å². The van der Waals surface area contributed by atoms with E-state index in [4.69, 9.17) is 4.74 Å². The average molecular weight is 328 g/mol. The maximum atomic E-state index is 12.1. The largest absolute Gasteiger partial charge is 0.435 e. The van der Waals surface area contributed by atoms with E-state index in [-0.39, 0.29) is 18.3 Å². The van der Waals surface area contributed by atoms with Crippen LogP contribution in [0.5, 0.6) is 5.75 Å². The minimum absolute atomic E-state index is 0.0480. The molecule has 0 aliphatic rings. The average Bonchev–Trinajstić information content (AvgIpc) is 2.80. The summed E-state index contributed by atoms with van der Waals surface area (Å²) in [6.45, 7) is -1.04. The van der Waals surface area contributed by atoms with Crippen LogP contribution in [0.1, 0.15) is 4.88 Å². The molecule has 1 aromatic heterocycles. The molecule has 1 N–H and O–H groups in total. The number of rotatable bonds is 6. The molecule has 2 aromatic rings. The number of amides is 1. The number of thiazole rings is 1. The number of carbonyl (C=O) groups is 1. The number of hydrogen-bond acceptors (Lipinski definition) is 5. The number of aromatic nitrogens is 1. The molecule has 0 aliphatic heterocycles. The minimum atomic E-state index is -2.85. The summed E-state index contributed by atoms with van der Waals surface area (Å²) < 4.78 is 33.3. The normalized spacial score (nSPS) is 10.8. The van der Waals surface area contributed by atoms with Crippen LogP contribution < -0.4 is 10.1 Å². The summed E-state index contributed by atoms with van der Waals surface area (Å²) >= 11 is 1.33. The predicted molar refractivity (Wildman–Crippen MR) is 79.4 cm³/mol. The number of nitrogens with one attached hydrogen (secondary N) is 1. The summed E-state index contributed by atoms with van der Waals surface area (Å²) in [6.07, 6.45) is 0. The van der Waals surface area contributed by atoms with Gasteiger partial charge in [-0.2, -0.15) is 8.78 Å². The highest BCUT2D eigenvalue weighted by Crippen LogP contribution is 2.31. The second-order valence-corrected chi connectivity index (χ2v) is 5.51. The van der Waals surface area contributed by atoms with Gasteiger partial charge in [-0.15, -0.1) is 11.3 Å². The van der Waals surface area contributed by atoms with Crippen molar-refractivity contribution in [1.82, 2.24) is 4.98 Å². The zero-order valence-corrected chi connectivity index (χ0v) is 12.7. The summed E-state index contributed by atoms with van der Waals surface area (Å²) in [7, 11) is 1.43. The van der Waals surface area contributed by atoms with E-state index >= 15 is 0 Å². The number of aryl methyl sites for hydroxylation is 1. The van der Waals surface area contributed by atoms with Gasteiger partial charge in [-0.25, -0.2) is 4.98 Å². The van der Waals surface area contributed by atoms with Crippen LogP contribution in [0.15, 0.2) is 24.3 Å². The third-order valence-corrected chi connectivity index (χ3v) is 3.56. The van der Waals surface area contributed by atoms with Gasteiger partial charge in [0.2, 0.25) is 0 Å². The van der Waals surface area contributed by atoms with Gasteiger partial charge in [-0.05, 0) is 31.2 Å². The second-order valence-electron chi connectivity index (χ2n) is 4.31. The molecule has 118 valence electrons. The molecule has 5 nitrogen and oxygen atoms in total. The Morgan fingerprint density at radius 1 is 1.36 bits per heavy atom. The van der Waals surface area contributed by atoms with Crippen LogP contribution in [0.2, 0.25) is 0 Å². The van der Waals surface area contributed by atoms with Crippen molar-refractivity contribution in [2.45, 2.75) is 13.5 Å². The van der Waals surface area contributed by atoms with Gasteiger partial charge in [-0.1, -0.05) is 0 Å². The van der Waals surface area contributed by atoms with E-state index < -0.39 is 6.61 Å². The van der Waals surface area contributed by atoms with Crippen LogP contribution in [-0.4, -0.2) is 31.2 Å². The number of halogens is 2. The first kappa shape index (κ1) is 16.3. The van der Waals surface area contributed by atoms with E-state index in [2.05, 4.69) is 15.0 Å². The van der Waals surface area contributed by atoms with Crippen molar-refractivity contribution in [2.24, 2.45) is 0 Å². The molecule has 0 radical (unpaired) electrons. The van der Waals surface area contributed by atoms with Crippen molar-refractivity contribution < 1.29 is 23.0 Å². The lowest BCUT2D eigenvalue weighted by Gasteiger charge is -2.05. The first-order valence-electron chi connectivity index (χ1n) is 6.31. The van der Waals surface area contributed by atoms with E-state index in [0.717, 1.165) is 10.4 Å². The van der Waals surface area contributed by atoms with Crippen molar-refractivity contribution in [1.29, 1.82) is 0 Å². The number of anilines is 1. The quantitative estimate of drug-likeness (QED) is 0.884. The number of carbonyl (C=O) groups excluding carboxylic acids is 1. The summed E-state index contributed by atoms with van der Waals surface area (Å²) in [5.41, 5.74) is 1.43. The van der Waals surface area contributed by atoms with Gasteiger partial charge in [0, 0.05) is 17.6 Å². The van der Waals surface area contributed by atoms with Gasteiger partial charge in [0.15, 0.2) is 5.13 Å². The van der Waals surface area contributed by atoms with Crippen LogP contribution in [0.3, 0.4) is 0 Å². The number of alkyl halides is 2. The van der Waals surface area contributed by atoms with Gasteiger partial charge in [0.25, 0.3) is 5.91 Å². The lowest BCUT2D eigenvalue weighted by atomic mass is 10.1. The van der Waals surface area contributed by atoms with Crippen molar-refractivity contribution in [3.63, 3.8) is 0 Å². The Bertz CT molecular complexity index is 644. The summed E-state index contributed by atoms with van der Waals surface area (Å²) in [5.74, 6) is -0.205. The van der Waals surface area contributed by atoms with Gasteiger partial charge < -0.3 is 9.47 Å². The van der Waals surface area contributed by atoms with Crippen molar-refractivity contribution >= 4 is 22.4 Å². The molecule has 0 spiro atoms. The van der Waals surface area contributed by atoms with Crippen LogP contribution >= 0.6 is 11.3 Å². The molecule has 0 unspecified atom stereocenters. The SMILES string of the molecule is COCC(=O)Nc1nc(-c2ccc(OC(F)F)cc2)c(C)s1. The smallest absolute Gasteiger partial charge is 0.387 e. The van der Waals surface area contributed by atoms with E-state index in [1.54, 1.807) is 12.1 Å². The van der Waals surface area contributed by atoms with E-state index in [0.29, 0.717) is 10.8 Å². The highest BCUT2D eigenvalue weighted by atomic mass is 32.1. The molecule has 0 atom stereocenters. The van der Waals surface area contributed by atoms with Gasteiger partial charge in [0.05, 0.1) is 5.69 Å². The third-order valence-electron chi connectivity index (χ3n) is 2.67. The van der Waals surface area contributed by atoms with E-state index in [1.807, 2.05) is 6.92 Å². The summed E-state index contributed by atoms with van der Waals surface area (Å²) in [6, 6.07) is 6.17. The zero-order valence-electron chi connectivity index (χ0n) is 11.9. The number of methoxy groups -OCH3 is 1. The van der Waals surface area contributed by atoms with Crippen LogP contribution in [0.25, 0.3) is 11.3 Å². The first-order valence-corrected chi connectivity index (χ1v) is 7.12. The standard InChI is InChI=1S/C14H14F2N2O3S/c1-8-12(18-14(22-8)17-11(19)7-20-2)9-3-5-10(6-4-9)21-13(15)16/h3-6,13H,7H2,1-2H3,(H,17,18,19). The summed E-state index contributed by atoms with van der Waals surface area (Å²) in [4.78, 5) is 16.7. The molecule has 0 saturated heterocycles. The molecule has 1 heterocycles. The van der Waals surface area contributed by atoms with Crippen molar-refractivity contribution in [3.8, 4) is 17.0 Å². The Kier molecular flexibility index (Phi) is 5.40. The lowest BCUT2D eigenvalue weighted by molar-refractivity contribution is -0.119. The van der Waals surface area contributed by atoms with Gasteiger partial charge in [0.1, 0.15) is 12.4 Å². The first-order chi connectivity index (χ1) is 10.5. The summed E-state index contributed by atoms with van der Waals surface area (Å²) in [5, 5.41) is 3.09. The number of benzene rings is 1. The molecule has 2 rings (SSSR count). The van der Waals surface area contributed by atoms with Gasteiger partial charge in [-0.3, -0.25) is 10.1 Å². The number of nitrogens with zero attached hydrogens (tertiary/aromatic N) is 1. The minimum Gasteiger partial charge on any atom is -0.435 e. The Hall–Kier alpha value is -2.06. The molecule has 0 saturated carbocycles. The molecule has 0 fully saturated rings. The molecule has 1 aromatic carbocycles. The van der Waals surface area contributed by atoms with Crippen LogP contribution in [0.4, 0.5) is 13.9 Å². The predicted octanol–water partition coefficient (Wildman–Crippen LogP) is 3.30. The van der Waals surface area contributed by atoms with Crippen molar-refractivity contribution in [3.05, 3.63) is 29.1 Å².